The third-order valence-corrected chi connectivity index (χ3v) is 15.2. The lowest BCUT2D eigenvalue weighted by Crippen LogP contribution is -2.36. The minimum absolute atomic E-state index is 0.0331. The fraction of sp³-hybridized carbons (Fsp3) is 0.937. The Morgan fingerprint density at radius 2 is 0.486 bits per heavy atom. The molecule has 0 rings (SSSR count). The van der Waals surface area contributed by atoms with E-state index in [2.05, 4.69) is 77.1 Å². The largest absolute Gasteiger partial charge is 0.464 e. The van der Waals surface area contributed by atoms with Gasteiger partial charge in [-0.3, -0.25) is 29.0 Å². The van der Waals surface area contributed by atoms with Gasteiger partial charge in [0.2, 0.25) is 0 Å². The first kappa shape index (κ1) is 71.8. The second-order valence-electron chi connectivity index (χ2n) is 22.1. The Balaban J connectivity index is 5.77. The van der Waals surface area contributed by atoms with Gasteiger partial charge in [-0.2, -0.15) is 0 Å². The molecule has 0 saturated heterocycles. The molecule has 11 nitrogen and oxygen atoms in total. The predicted octanol–water partition coefficient (Wildman–Crippen LogP) is 15.6. The second kappa shape index (κ2) is 52.8. The molecule has 74 heavy (non-hydrogen) atoms. The Morgan fingerprint density at radius 3 is 0.703 bits per heavy atom. The van der Waals surface area contributed by atoms with Crippen molar-refractivity contribution in [3.63, 3.8) is 0 Å². The van der Waals surface area contributed by atoms with Crippen LogP contribution in [0, 0.1) is 23.7 Å². The topological polar surface area (TPSA) is 115 Å². The highest BCUT2D eigenvalue weighted by molar-refractivity contribution is 5.73. The van der Waals surface area contributed by atoms with Crippen LogP contribution in [-0.4, -0.2) is 124 Å². The molecule has 0 fully saturated rings. The van der Waals surface area contributed by atoms with Crippen LogP contribution in [0.1, 0.15) is 274 Å². The average Bonchev–Trinajstić information content (AvgIpc) is 3.39. The van der Waals surface area contributed by atoms with Crippen LogP contribution in [0.4, 0.5) is 0 Å². The number of ether oxygens (including phenoxy) is 4. The molecule has 0 saturated carbocycles. The lowest BCUT2D eigenvalue weighted by Gasteiger charge is -2.26. The molecule has 0 aliphatic carbocycles. The number of esters is 4. The molecule has 0 aromatic heterocycles. The maximum absolute atomic E-state index is 13.4. The van der Waals surface area contributed by atoms with Gasteiger partial charge in [-0.1, -0.05) is 209 Å². The van der Waals surface area contributed by atoms with Crippen LogP contribution in [0.15, 0.2) is 0 Å². The Morgan fingerprint density at radius 1 is 0.270 bits per heavy atom. The third kappa shape index (κ3) is 40.9. The van der Waals surface area contributed by atoms with E-state index in [0.717, 1.165) is 193 Å². The molecule has 0 aromatic rings. The van der Waals surface area contributed by atoms with Crippen molar-refractivity contribution in [2.24, 2.45) is 23.7 Å². The van der Waals surface area contributed by atoms with E-state index >= 15 is 0 Å². The van der Waals surface area contributed by atoms with Gasteiger partial charge in [0.25, 0.3) is 0 Å². The third-order valence-electron chi connectivity index (χ3n) is 15.2. The van der Waals surface area contributed by atoms with Crippen molar-refractivity contribution in [1.29, 1.82) is 0 Å². The van der Waals surface area contributed by atoms with Crippen molar-refractivity contribution >= 4 is 23.9 Å². The first-order valence-corrected chi connectivity index (χ1v) is 31.8. The van der Waals surface area contributed by atoms with Crippen LogP contribution in [0.25, 0.3) is 0 Å². The summed E-state index contributed by atoms with van der Waals surface area (Å²) in [6.07, 6.45) is 35.9. The fourth-order valence-electron chi connectivity index (χ4n) is 10.1. The zero-order valence-electron chi connectivity index (χ0n) is 50.4. The molecular weight excluding hydrogens is 927 g/mol. The number of hydrogen-bond donors (Lipinski definition) is 0. The van der Waals surface area contributed by atoms with Crippen molar-refractivity contribution in [1.82, 2.24) is 14.7 Å². The zero-order valence-corrected chi connectivity index (χ0v) is 50.4. The number of carbonyl (C=O) groups excluding carboxylic acids is 4. The quantitative estimate of drug-likeness (QED) is 0.0329. The van der Waals surface area contributed by atoms with E-state index in [-0.39, 0.29) is 47.5 Å². The fourth-order valence-corrected chi connectivity index (χ4v) is 10.1. The van der Waals surface area contributed by atoms with E-state index in [1.807, 2.05) is 0 Å². The SMILES string of the molecule is CCCCCCC(CCCC)C(=O)OCCN(CCCN(C)CCCN(CCOC(=O)C(CCCC)CCCCCC)CCOC(=O)C(CCCC)CCCCCC)CCOC(=O)C(CCCC)CCCCCC. The summed E-state index contributed by atoms with van der Waals surface area (Å²) in [6.45, 7) is 24.8. The van der Waals surface area contributed by atoms with Crippen LogP contribution >= 0.6 is 0 Å². The first-order chi connectivity index (χ1) is 36.0. The Hall–Kier alpha value is -2.24. The molecule has 4 atom stereocenters. The van der Waals surface area contributed by atoms with Gasteiger partial charge < -0.3 is 23.8 Å². The van der Waals surface area contributed by atoms with Crippen molar-refractivity contribution in [3.05, 3.63) is 0 Å². The van der Waals surface area contributed by atoms with Crippen molar-refractivity contribution in [2.45, 2.75) is 274 Å². The van der Waals surface area contributed by atoms with Gasteiger partial charge in [0.05, 0.1) is 23.7 Å². The molecule has 4 unspecified atom stereocenters. The van der Waals surface area contributed by atoms with Crippen LogP contribution in [0.5, 0.6) is 0 Å². The molecule has 0 bridgehead atoms. The summed E-state index contributed by atoms with van der Waals surface area (Å²) >= 11 is 0. The maximum atomic E-state index is 13.4. The summed E-state index contributed by atoms with van der Waals surface area (Å²) in [6, 6.07) is 0. The van der Waals surface area contributed by atoms with Gasteiger partial charge in [-0.05, 0) is 97.4 Å². The number of rotatable bonds is 56. The molecule has 438 valence electrons. The predicted molar refractivity (Wildman–Crippen MR) is 311 cm³/mol. The molecule has 0 aliphatic heterocycles. The number of unbranched alkanes of at least 4 members (excludes halogenated alkanes) is 16. The Kier molecular flexibility index (Phi) is 51.2. The molecular formula is C63H123N3O8. The smallest absolute Gasteiger partial charge is 0.308 e. The molecule has 0 amide bonds. The van der Waals surface area contributed by atoms with Crippen molar-refractivity contribution < 1.29 is 38.1 Å². The molecule has 0 aliphatic rings. The summed E-state index contributed by atoms with van der Waals surface area (Å²) in [7, 11) is 2.17. The van der Waals surface area contributed by atoms with E-state index in [1.165, 1.54) is 51.4 Å². The van der Waals surface area contributed by atoms with E-state index < -0.39 is 0 Å². The van der Waals surface area contributed by atoms with Gasteiger partial charge in [-0.25, -0.2) is 0 Å². The summed E-state index contributed by atoms with van der Waals surface area (Å²) in [4.78, 5) is 60.5. The minimum atomic E-state index is -0.0591. The van der Waals surface area contributed by atoms with Crippen LogP contribution in [0.3, 0.4) is 0 Å². The molecule has 0 radical (unpaired) electrons. The highest BCUT2D eigenvalue weighted by Crippen LogP contribution is 2.23. The van der Waals surface area contributed by atoms with Gasteiger partial charge in [0, 0.05) is 26.2 Å². The summed E-state index contributed by atoms with van der Waals surface area (Å²) in [5.74, 6) is -0.369. The molecule has 0 N–H and O–H groups in total. The second-order valence-corrected chi connectivity index (χ2v) is 22.1. The van der Waals surface area contributed by atoms with Crippen LogP contribution < -0.4 is 0 Å². The average molecular weight is 1050 g/mol. The van der Waals surface area contributed by atoms with E-state index in [9.17, 15) is 19.2 Å². The minimum Gasteiger partial charge on any atom is -0.464 e. The van der Waals surface area contributed by atoms with Gasteiger partial charge in [0.1, 0.15) is 26.4 Å². The number of hydrogen-bond acceptors (Lipinski definition) is 11. The normalized spacial score (nSPS) is 13.4. The number of nitrogens with zero attached hydrogens (tertiary/aromatic N) is 3. The Bertz CT molecular complexity index is 1110. The van der Waals surface area contributed by atoms with E-state index in [4.69, 9.17) is 18.9 Å². The van der Waals surface area contributed by atoms with Crippen LogP contribution in [-0.2, 0) is 38.1 Å². The summed E-state index contributed by atoms with van der Waals surface area (Å²) < 4.78 is 24.0. The highest BCUT2D eigenvalue weighted by Gasteiger charge is 2.24. The standard InChI is InChI=1S/C63H123N3O8/c1-10-18-26-30-40-56(36-22-14-5)60(67)71-52-48-65(49-53-72-61(68)57(37-23-15-6)41-31-27-19-11-2)46-34-44-64(9)45-35-47-66(50-54-73-62(69)58(38-24-16-7)42-32-28-20-12-3)51-55-74-63(70)59(39-25-17-8)43-33-29-21-13-4/h56-59H,10-55H2,1-9H3. The Labute approximate surface area is 458 Å². The molecule has 0 spiro atoms. The van der Waals surface area contributed by atoms with Crippen molar-refractivity contribution in [2.75, 3.05) is 85.8 Å². The monoisotopic (exact) mass is 1050 g/mol. The van der Waals surface area contributed by atoms with Gasteiger partial charge >= 0.3 is 23.9 Å². The summed E-state index contributed by atoms with van der Waals surface area (Å²) in [5.41, 5.74) is 0. The van der Waals surface area contributed by atoms with Crippen LogP contribution in [0.2, 0.25) is 0 Å². The van der Waals surface area contributed by atoms with E-state index in [0.29, 0.717) is 52.6 Å². The molecule has 11 heteroatoms. The summed E-state index contributed by atoms with van der Waals surface area (Å²) in [5, 5.41) is 0. The lowest BCUT2D eigenvalue weighted by atomic mass is 9.95. The van der Waals surface area contributed by atoms with E-state index in [1.54, 1.807) is 0 Å². The first-order valence-electron chi connectivity index (χ1n) is 31.8. The van der Waals surface area contributed by atoms with Gasteiger partial charge in [0.15, 0.2) is 0 Å². The van der Waals surface area contributed by atoms with Crippen molar-refractivity contribution in [3.8, 4) is 0 Å². The zero-order chi connectivity index (χ0) is 54.7. The van der Waals surface area contributed by atoms with Gasteiger partial charge in [-0.15, -0.1) is 0 Å². The number of carbonyl (C=O) groups is 4. The lowest BCUT2D eigenvalue weighted by molar-refractivity contribution is -0.151. The molecule has 0 heterocycles. The maximum Gasteiger partial charge on any atom is 0.308 e. The molecule has 0 aromatic carbocycles. The highest BCUT2D eigenvalue weighted by atomic mass is 16.5.